The second-order valence-corrected chi connectivity index (χ2v) is 18.9. The molecule has 4 amide bonds. The largest absolute Gasteiger partial charge is 0.388 e. The van der Waals surface area contributed by atoms with E-state index in [9.17, 15) is 38.7 Å². The van der Waals surface area contributed by atoms with Crippen LogP contribution in [0.2, 0.25) is 0 Å². The maximum atomic E-state index is 14.6. The Morgan fingerprint density at radius 2 is 1.45 bits per heavy atom. The van der Waals surface area contributed by atoms with Crippen LogP contribution in [-0.4, -0.2) is 138 Å². The van der Waals surface area contributed by atoms with Gasteiger partial charge in [-0.1, -0.05) is 92.1 Å². The lowest BCUT2D eigenvalue weighted by Gasteiger charge is -2.41. The molecule has 2 saturated heterocycles. The summed E-state index contributed by atoms with van der Waals surface area (Å²) in [6.07, 6.45) is 0.562. The SMILES string of the molecule is CC[C@H](C)[C@@H]([C@@H](CC(=O)N1CCC[C@H]1[C@H](OC)[C@@H](C)C(=O)C[C@H](C)[C@@H](O)c1ccccc1)OC)N(C)C(=O)[C@@H](CC(=O)[C@H](C(C)C)N(C)CCCC(=O)ON1C(=O)CCC1=O)C(C)C. The molecule has 3 rings (SSSR count). The van der Waals surface area contributed by atoms with E-state index in [1.807, 2.05) is 90.6 Å². The molecule has 2 fully saturated rings. The molecule has 64 heavy (non-hydrogen) atoms. The summed E-state index contributed by atoms with van der Waals surface area (Å²) in [7, 11) is 6.65. The number of amides is 4. The number of nitrogens with zero attached hydrogens (tertiary/aromatic N) is 4. The fourth-order valence-corrected chi connectivity index (χ4v) is 9.68. The normalized spacial score (nSPS) is 19.9. The summed E-state index contributed by atoms with van der Waals surface area (Å²) in [5, 5.41) is 11.5. The number of imide groups is 1. The minimum Gasteiger partial charge on any atom is -0.388 e. The van der Waals surface area contributed by atoms with Gasteiger partial charge in [-0.25, -0.2) is 4.79 Å². The number of carbonyl (C=O) groups is 7. The lowest BCUT2D eigenvalue weighted by atomic mass is 9.83. The standard InChI is InChI=1S/C49H78N4O11/c1-13-32(6)46(40(62-11)29-43(58)52-26-17-21-37(52)48(63-12)34(8)38(54)27-33(7)47(60)35-19-15-14-16-20-35)51(10)49(61)36(30(2)3)28-39(55)45(31(4)5)50(9)25-18-22-44(59)64-53-41(56)23-24-42(53)57/h14-16,19-20,30-34,36-37,40,45-48,60H,13,17-18,21-29H2,1-12H3/t32-,33-,34-,36-,37-,40+,45-,46-,47+,48+/m0/s1. The summed E-state index contributed by atoms with van der Waals surface area (Å²) < 4.78 is 12.1. The number of hydroxylamine groups is 2. The van der Waals surface area contributed by atoms with Crippen molar-refractivity contribution in [2.24, 2.45) is 35.5 Å². The van der Waals surface area contributed by atoms with Gasteiger partial charge in [0.2, 0.25) is 11.8 Å². The fourth-order valence-electron chi connectivity index (χ4n) is 9.68. The molecule has 10 atom stereocenters. The van der Waals surface area contributed by atoms with E-state index in [0.717, 1.165) is 12.0 Å². The first kappa shape index (κ1) is 54.3. The Bertz CT molecular complexity index is 1710. The van der Waals surface area contributed by atoms with Gasteiger partial charge in [0, 0.05) is 71.8 Å². The molecule has 0 saturated carbocycles. The quantitative estimate of drug-likeness (QED) is 0.105. The molecule has 0 bridgehead atoms. The number of carbonyl (C=O) groups excluding carboxylic acids is 7. The summed E-state index contributed by atoms with van der Waals surface area (Å²) in [4.78, 5) is 103. The maximum Gasteiger partial charge on any atom is 0.333 e. The number of likely N-dealkylation sites (tertiary alicyclic amines) is 1. The minimum atomic E-state index is -0.792. The molecular weight excluding hydrogens is 821 g/mol. The monoisotopic (exact) mass is 899 g/mol. The highest BCUT2D eigenvalue weighted by Crippen LogP contribution is 2.33. The van der Waals surface area contributed by atoms with E-state index in [2.05, 4.69) is 0 Å². The Morgan fingerprint density at radius 1 is 0.828 bits per heavy atom. The van der Waals surface area contributed by atoms with Crippen molar-refractivity contribution in [1.29, 1.82) is 0 Å². The van der Waals surface area contributed by atoms with Gasteiger partial charge in [-0.3, -0.25) is 33.7 Å². The Hall–Kier alpha value is -4.05. The fraction of sp³-hybridized carbons (Fsp3) is 0.735. The smallest absolute Gasteiger partial charge is 0.333 e. The van der Waals surface area contributed by atoms with Gasteiger partial charge in [-0.15, -0.1) is 5.06 Å². The predicted octanol–water partition coefficient (Wildman–Crippen LogP) is 5.81. The lowest BCUT2D eigenvalue weighted by molar-refractivity contribution is -0.197. The number of methoxy groups -OCH3 is 2. The third-order valence-corrected chi connectivity index (χ3v) is 13.6. The molecule has 0 radical (unpaired) electrons. The first-order valence-corrected chi connectivity index (χ1v) is 23.4. The van der Waals surface area contributed by atoms with E-state index in [4.69, 9.17) is 14.3 Å². The Kier molecular flexibility index (Phi) is 21.7. The molecule has 0 aliphatic carbocycles. The first-order chi connectivity index (χ1) is 30.2. The maximum absolute atomic E-state index is 14.6. The average Bonchev–Trinajstić information content (AvgIpc) is 3.87. The predicted molar refractivity (Wildman–Crippen MR) is 242 cm³/mol. The number of aliphatic hydroxyl groups excluding tert-OH is 1. The first-order valence-electron chi connectivity index (χ1n) is 23.4. The van der Waals surface area contributed by atoms with Crippen LogP contribution in [0.4, 0.5) is 0 Å². The van der Waals surface area contributed by atoms with E-state index in [1.165, 1.54) is 0 Å². The van der Waals surface area contributed by atoms with Crippen LogP contribution in [0, 0.1) is 35.5 Å². The van der Waals surface area contributed by atoms with E-state index >= 15 is 0 Å². The number of ether oxygens (including phenoxy) is 2. The molecule has 15 heteroatoms. The molecule has 1 aromatic rings. The third-order valence-electron chi connectivity index (χ3n) is 13.6. The van der Waals surface area contributed by atoms with Crippen molar-refractivity contribution in [3.05, 3.63) is 35.9 Å². The van der Waals surface area contributed by atoms with E-state index in [-0.39, 0.29) is 91.6 Å². The molecule has 0 spiro atoms. The molecule has 360 valence electrons. The van der Waals surface area contributed by atoms with Gasteiger partial charge in [0.1, 0.15) is 5.78 Å². The molecule has 15 nitrogen and oxygen atoms in total. The molecule has 1 aromatic carbocycles. The zero-order chi connectivity index (χ0) is 48.0. The number of rotatable bonds is 27. The van der Waals surface area contributed by atoms with Crippen molar-refractivity contribution in [1.82, 2.24) is 19.8 Å². The number of Topliss-reactive ketones (excluding diaryl/α,β-unsaturated/α-hetero) is 2. The highest BCUT2D eigenvalue weighted by Gasteiger charge is 2.43. The van der Waals surface area contributed by atoms with Crippen molar-refractivity contribution in [2.75, 3.05) is 41.4 Å². The van der Waals surface area contributed by atoms with Crippen LogP contribution in [0.15, 0.2) is 30.3 Å². The molecule has 1 N–H and O–H groups in total. The van der Waals surface area contributed by atoms with Gasteiger partial charge >= 0.3 is 5.97 Å². The Balaban J connectivity index is 1.71. The lowest BCUT2D eigenvalue weighted by Crippen LogP contribution is -2.54. The molecule has 0 aromatic heterocycles. The zero-order valence-electron chi connectivity index (χ0n) is 40.6. The summed E-state index contributed by atoms with van der Waals surface area (Å²) in [6.45, 7) is 16.3. The number of benzene rings is 1. The van der Waals surface area contributed by atoms with Gasteiger partial charge in [-0.2, -0.15) is 0 Å². The zero-order valence-corrected chi connectivity index (χ0v) is 40.6. The van der Waals surface area contributed by atoms with Gasteiger partial charge in [-0.05, 0) is 62.1 Å². The van der Waals surface area contributed by atoms with E-state index < -0.39 is 60.0 Å². The second kappa shape index (κ2) is 25.6. The second-order valence-electron chi connectivity index (χ2n) is 18.9. The topological polar surface area (TPSA) is 180 Å². The highest BCUT2D eigenvalue weighted by atomic mass is 16.7. The summed E-state index contributed by atoms with van der Waals surface area (Å²) >= 11 is 0. The van der Waals surface area contributed by atoms with Gasteiger partial charge in [0.25, 0.3) is 11.8 Å². The Morgan fingerprint density at radius 3 is 2.00 bits per heavy atom. The van der Waals surface area contributed by atoms with Crippen LogP contribution in [0.25, 0.3) is 0 Å². The van der Waals surface area contributed by atoms with Crippen LogP contribution in [0.1, 0.15) is 131 Å². The number of ketones is 2. The van der Waals surface area contributed by atoms with Crippen LogP contribution >= 0.6 is 0 Å². The number of aliphatic hydroxyl groups is 1. The minimum absolute atomic E-state index is 0.00235. The van der Waals surface area contributed by atoms with Crippen molar-refractivity contribution in [2.45, 2.75) is 156 Å². The van der Waals surface area contributed by atoms with Crippen molar-refractivity contribution >= 4 is 41.2 Å². The van der Waals surface area contributed by atoms with Crippen molar-refractivity contribution in [3.63, 3.8) is 0 Å². The van der Waals surface area contributed by atoms with Crippen molar-refractivity contribution < 1.29 is 53.0 Å². The molecule has 2 aliphatic rings. The Labute approximate surface area is 381 Å². The van der Waals surface area contributed by atoms with Crippen LogP contribution in [0.5, 0.6) is 0 Å². The summed E-state index contributed by atoms with van der Waals surface area (Å²) in [5.41, 5.74) is 0.754. The highest BCUT2D eigenvalue weighted by molar-refractivity contribution is 6.01. The average molecular weight is 899 g/mol. The molecule has 2 aliphatic heterocycles. The van der Waals surface area contributed by atoms with Gasteiger partial charge in [0.15, 0.2) is 5.78 Å². The number of hydrogen-bond donors (Lipinski definition) is 1. The van der Waals surface area contributed by atoms with E-state index in [1.54, 1.807) is 38.1 Å². The molecular formula is C49H78N4O11. The number of hydrogen-bond acceptors (Lipinski definition) is 12. The summed E-state index contributed by atoms with van der Waals surface area (Å²) in [6, 6.07) is 7.91. The molecule has 0 unspecified atom stereocenters. The van der Waals surface area contributed by atoms with E-state index in [0.29, 0.717) is 37.4 Å². The number of likely N-dealkylation sites (N-methyl/N-ethyl adjacent to an activating group) is 2. The van der Waals surface area contributed by atoms with Crippen LogP contribution in [-0.2, 0) is 47.9 Å². The third kappa shape index (κ3) is 14.2. The van der Waals surface area contributed by atoms with Gasteiger partial charge < -0.3 is 29.2 Å². The van der Waals surface area contributed by atoms with Crippen LogP contribution in [0.3, 0.4) is 0 Å². The molecule has 2 heterocycles. The van der Waals surface area contributed by atoms with Crippen LogP contribution < -0.4 is 0 Å². The summed E-state index contributed by atoms with van der Waals surface area (Å²) in [5.74, 6) is -4.15. The van der Waals surface area contributed by atoms with Crippen molar-refractivity contribution in [3.8, 4) is 0 Å². The van der Waals surface area contributed by atoms with Gasteiger partial charge in [0.05, 0.1) is 42.9 Å².